The smallest absolute Gasteiger partial charge is 0.252 e. The van der Waals surface area contributed by atoms with E-state index in [4.69, 9.17) is 5.73 Å². The van der Waals surface area contributed by atoms with Crippen LogP contribution >= 0.6 is 23.7 Å². The van der Waals surface area contributed by atoms with E-state index in [9.17, 15) is 9.59 Å². The molecule has 0 saturated heterocycles. The van der Waals surface area contributed by atoms with E-state index in [0.717, 1.165) is 0 Å². The van der Waals surface area contributed by atoms with Gasteiger partial charge < -0.3 is 16.4 Å². The van der Waals surface area contributed by atoms with E-state index in [2.05, 4.69) is 10.6 Å². The molecule has 1 heterocycles. The standard InChI is InChI=1S/C12H19N3O2S.ClH/c1-12(2,8-13)15-10(16)3-5-14-11(17)9-4-6-18-7-9;/h4,6-7H,3,5,8,13H2,1-2H3,(H,14,17)(H,15,16);1H. The van der Waals surface area contributed by atoms with Crippen LogP contribution in [-0.2, 0) is 4.79 Å². The molecule has 4 N–H and O–H groups in total. The number of nitrogens with one attached hydrogen (secondary N) is 2. The average Bonchev–Trinajstić information content (AvgIpc) is 2.81. The lowest BCUT2D eigenvalue weighted by Gasteiger charge is -2.24. The van der Waals surface area contributed by atoms with Gasteiger partial charge in [-0.15, -0.1) is 12.4 Å². The minimum Gasteiger partial charge on any atom is -0.351 e. The molecule has 0 unspecified atom stereocenters. The summed E-state index contributed by atoms with van der Waals surface area (Å²) in [5.41, 5.74) is 5.73. The van der Waals surface area contributed by atoms with Crippen molar-refractivity contribution in [2.45, 2.75) is 25.8 Å². The maximum atomic E-state index is 11.6. The highest BCUT2D eigenvalue weighted by molar-refractivity contribution is 7.08. The normalized spacial score (nSPS) is 10.5. The molecule has 0 atom stereocenters. The molecule has 0 spiro atoms. The van der Waals surface area contributed by atoms with Crippen molar-refractivity contribution in [2.75, 3.05) is 13.1 Å². The molecule has 0 aliphatic heterocycles. The Morgan fingerprint density at radius 1 is 1.42 bits per heavy atom. The van der Waals surface area contributed by atoms with Crippen LogP contribution < -0.4 is 16.4 Å². The van der Waals surface area contributed by atoms with Crippen molar-refractivity contribution in [3.63, 3.8) is 0 Å². The van der Waals surface area contributed by atoms with Gasteiger partial charge >= 0.3 is 0 Å². The van der Waals surface area contributed by atoms with E-state index < -0.39 is 5.54 Å². The van der Waals surface area contributed by atoms with Gasteiger partial charge in [0.25, 0.3) is 5.91 Å². The van der Waals surface area contributed by atoms with Gasteiger partial charge in [-0.3, -0.25) is 9.59 Å². The summed E-state index contributed by atoms with van der Waals surface area (Å²) in [7, 11) is 0. The number of rotatable bonds is 6. The van der Waals surface area contributed by atoms with Gasteiger partial charge in [-0.1, -0.05) is 0 Å². The van der Waals surface area contributed by atoms with Crippen LogP contribution in [0.3, 0.4) is 0 Å². The largest absolute Gasteiger partial charge is 0.351 e. The van der Waals surface area contributed by atoms with Gasteiger partial charge in [0.1, 0.15) is 0 Å². The number of amides is 2. The summed E-state index contributed by atoms with van der Waals surface area (Å²) in [6.07, 6.45) is 0.249. The molecular formula is C12H20ClN3O2S. The van der Waals surface area contributed by atoms with Crippen LogP contribution in [-0.4, -0.2) is 30.4 Å². The monoisotopic (exact) mass is 305 g/mol. The van der Waals surface area contributed by atoms with E-state index in [-0.39, 0.29) is 30.6 Å². The lowest BCUT2D eigenvalue weighted by Crippen LogP contribution is -2.49. The molecule has 0 aliphatic carbocycles. The Balaban J connectivity index is 0.00000324. The second kappa shape index (κ2) is 8.14. The highest BCUT2D eigenvalue weighted by Crippen LogP contribution is 2.05. The highest BCUT2D eigenvalue weighted by atomic mass is 35.5. The predicted molar refractivity (Wildman–Crippen MR) is 79.8 cm³/mol. The molecule has 2 amide bonds. The van der Waals surface area contributed by atoms with E-state index in [1.54, 1.807) is 11.4 Å². The Bertz CT molecular complexity index is 407. The van der Waals surface area contributed by atoms with Crippen molar-refractivity contribution >= 4 is 35.6 Å². The zero-order valence-electron chi connectivity index (χ0n) is 11.1. The third kappa shape index (κ3) is 6.56. The maximum Gasteiger partial charge on any atom is 0.252 e. The molecule has 0 aliphatic rings. The number of halogens is 1. The molecule has 7 heteroatoms. The summed E-state index contributed by atoms with van der Waals surface area (Å²) in [5, 5.41) is 9.11. The average molecular weight is 306 g/mol. The van der Waals surface area contributed by atoms with Crippen molar-refractivity contribution in [1.29, 1.82) is 0 Å². The minimum absolute atomic E-state index is 0. The molecule has 0 saturated carbocycles. The Morgan fingerprint density at radius 3 is 2.63 bits per heavy atom. The topological polar surface area (TPSA) is 84.2 Å². The van der Waals surface area contributed by atoms with Gasteiger partial charge in [0.15, 0.2) is 0 Å². The third-order valence-electron chi connectivity index (χ3n) is 2.41. The maximum absolute atomic E-state index is 11.6. The van der Waals surface area contributed by atoms with Crippen molar-refractivity contribution in [1.82, 2.24) is 10.6 Å². The van der Waals surface area contributed by atoms with Gasteiger partial charge in [-0.25, -0.2) is 0 Å². The fraction of sp³-hybridized carbons (Fsp3) is 0.500. The first-order valence-electron chi connectivity index (χ1n) is 5.76. The molecule has 1 aromatic rings. The molecule has 1 rings (SSSR count). The first-order chi connectivity index (χ1) is 8.44. The fourth-order valence-electron chi connectivity index (χ4n) is 1.28. The molecule has 0 aromatic carbocycles. The predicted octanol–water partition coefficient (Wildman–Crippen LogP) is 1.14. The quantitative estimate of drug-likeness (QED) is 0.737. The molecular weight excluding hydrogens is 286 g/mol. The number of hydrogen-bond acceptors (Lipinski definition) is 4. The molecule has 0 radical (unpaired) electrons. The Kier molecular flexibility index (Phi) is 7.66. The van der Waals surface area contributed by atoms with Crippen molar-refractivity contribution in [3.8, 4) is 0 Å². The third-order valence-corrected chi connectivity index (χ3v) is 3.09. The summed E-state index contributed by atoms with van der Waals surface area (Å²) in [6, 6.07) is 1.75. The number of thiophene rings is 1. The van der Waals surface area contributed by atoms with Gasteiger partial charge in [0.05, 0.1) is 0 Å². The molecule has 0 bridgehead atoms. The summed E-state index contributed by atoms with van der Waals surface area (Å²) < 4.78 is 0. The van der Waals surface area contributed by atoms with Crippen molar-refractivity contribution in [3.05, 3.63) is 22.4 Å². The zero-order chi connectivity index (χ0) is 13.6. The second-order valence-corrected chi connectivity index (χ2v) is 5.43. The summed E-state index contributed by atoms with van der Waals surface area (Å²) in [4.78, 5) is 23.1. The first kappa shape index (κ1) is 17.9. The van der Waals surface area contributed by atoms with Gasteiger partial charge in [0, 0.05) is 36.0 Å². The first-order valence-corrected chi connectivity index (χ1v) is 6.70. The minimum atomic E-state index is -0.408. The molecule has 1 aromatic heterocycles. The van der Waals surface area contributed by atoms with Crippen molar-refractivity contribution in [2.24, 2.45) is 5.73 Å². The highest BCUT2D eigenvalue weighted by Gasteiger charge is 2.17. The van der Waals surface area contributed by atoms with Gasteiger partial charge in [-0.2, -0.15) is 11.3 Å². The number of nitrogens with two attached hydrogens (primary N) is 1. The zero-order valence-corrected chi connectivity index (χ0v) is 12.7. The van der Waals surface area contributed by atoms with Gasteiger partial charge in [-0.05, 0) is 25.3 Å². The summed E-state index contributed by atoms with van der Waals surface area (Å²) in [5.74, 6) is -0.266. The lowest BCUT2D eigenvalue weighted by atomic mass is 10.1. The van der Waals surface area contributed by atoms with Crippen LogP contribution in [0, 0.1) is 0 Å². The Hall–Kier alpha value is -1.11. The number of carbonyl (C=O) groups is 2. The number of hydrogen-bond donors (Lipinski definition) is 3. The lowest BCUT2D eigenvalue weighted by molar-refractivity contribution is -0.122. The van der Waals surface area contributed by atoms with Crippen LogP contribution in [0.4, 0.5) is 0 Å². The van der Waals surface area contributed by atoms with Crippen LogP contribution in [0.15, 0.2) is 16.8 Å². The summed E-state index contributed by atoms with van der Waals surface area (Å²) >= 11 is 1.46. The van der Waals surface area contributed by atoms with Gasteiger partial charge in [0.2, 0.25) is 5.91 Å². The van der Waals surface area contributed by atoms with E-state index in [1.165, 1.54) is 11.3 Å². The number of carbonyl (C=O) groups excluding carboxylic acids is 2. The van der Waals surface area contributed by atoms with E-state index in [0.29, 0.717) is 18.7 Å². The van der Waals surface area contributed by atoms with Crippen LogP contribution in [0.2, 0.25) is 0 Å². The Labute approximate surface area is 123 Å². The SMILES string of the molecule is CC(C)(CN)NC(=O)CCNC(=O)c1ccsc1.Cl. The van der Waals surface area contributed by atoms with E-state index in [1.807, 2.05) is 19.2 Å². The fourth-order valence-corrected chi connectivity index (χ4v) is 1.91. The Morgan fingerprint density at radius 2 is 2.11 bits per heavy atom. The van der Waals surface area contributed by atoms with Crippen LogP contribution in [0.5, 0.6) is 0 Å². The molecule has 0 fully saturated rings. The van der Waals surface area contributed by atoms with Crippen molar-refractivity contribution < 1.29 is 9.59 Å². The van der Waals surface area contributed by atoms with Crippen LogP contribution in [0.1, 0.15) is 30.6 Å². The second-order valence-electron chi connectivity index (χ2n) is 4.65. The van der Waals surface area contributed by atoms with Crippen LogP contribution in [0.25, 0.3) is 0 Å². The molecule has 5 nitrogen and oxygen atoms in total. The molecule has 108 valence electrons. The molecule has 19 heavy (non-hydrogen) atoms. The van der Waals surface area contributed by atoms with E-state index >= 15 is 0 Å². The summed E-state index contributed by atoms with van der Waals surface area (Å²) in [6.45, 7) is 4.41.